The Kier molecular flexibility index (Phi) is 7.52. The van der Waals surface area contributed by atoms with E-state index in [0.717, 1.165) is 49.9 Å². The zero-order valence-electron chi connectivity index (χ0n) is 19.3. The molecule has 37 heavy (non-hydrogen) atoms. The summed E-state index contributed by atoms with van der Waals surface area (Å²) >= 11 is -0.120. The molecule has 0 atom stereocenters. The highest BCUT2D eigenvalue weighted by molar-refractivity contribution is 8.00. The third-order valence-electron chi connectivity index (χ3n) is 5.70. The molecular formula is C28H22ClF3N4S. The maximum absolute atomic E-state index is 12.4. The van der Waals surface area contributed by atoms with Crippen molar-refractivity contribution in [1.29, 1.82) is 0 Å². The Morgan fingerprint density at radius 3 is 1.78 bits per heavy atom. The van der Waals surface area contributed by atoms with Crippen LogP contribution in [0.15, 0.2) is 107 Å². The molecule has 5 aromatic carbocycles. The van der Waals surface area contributed by atoms with E-state index in [0.29, 0.717) is 5.84 Å². The molecule has 1 aliphatic rings. The molecule has 5 aromatic rings. The monoisotopic (exact) mass is 538 g/mol. The molecule has 1 aliphatic heterocycles. The molecule has 5 N–H and O–H groups in total. The number of alkyl halides is 3. The number of benzene rings is 5. The fourth-order valence-corrected chi connectivity index (χ4v) is 4.68. The standard InChI is InChI=1S/C18H11F3N2S.C10H10N2.ClH/c19-18(20,21)24-13-9-7-12(8-10-13)17-22-14-5-1-3-11-4-2-6-15(23-17)16(11)14;11-8-5-1-3-7-4-2-6-9(12)10(7)8;/h1-10H,(H,22,23);1-6H,11-12H2;1H. The summed E-state index contributed by atoms with van der Waals surface area (Å²) in [7, 11) is 0. The van der Waals surface area contributed by atoms with Gasteiger partial charge in [0.1, 0.15) is 5.84 Å². The first-order valence-electron chi connectivity index (χ1n) is 11.0. The maximum Gasteiger partial charge on any atom is 0.446 e. The summed E-state index contributed by atoms with van der Waals surface area (Å²) in [5.74, 6) is 0.629. The van der Waals surface area contributed by atoms with Crippen molar-refractivity contribution in [3.8, 4) is 0 Å². The quantitative estimate of drug-likeness (QED) is 0.156. The topological polar surface area (TPSA) is 76.4 Å². The van der Waals surface area contributed by atoms with Crippen molar-refractivity contribution >= 4 is 74.3 Å². The van der Waals surface area contributed by atoms with E-state index >= 15 is 0 Å². The molecule has 0 bridgehead atoms. The van der Waals surface area contributed by atoms with Gasteiger partial charge in [-0.15, -0.1) is 12.4 Å². The second-order valence-electron chi connectivity index (χ2n) is 8.13. The van der Waals surface area contributed by atoms with Crippen LogP contribution in [0.2, 0.25) is 0 Å². The van der Waals surface area contributed by atoms with Gasteiger partial charge in [0.2, 0.25) is 0 Å². The van der Waals surface area contributed by atoms with Gasteiger partial charge in [0.25, 0.3) is 0 Å². The molecule has 0 saturated carbocycles. The Bertz CT molecular complexity index is 1560. The number of amidine groups is 1. The van der Waals surface area contributed by atoms with Gasteiger partial charge in [0.15, 0.2) is 0 Å². The second-order valence-corrected chi connectivity index (χ2v) is 9.27. The maximum atomic E-state index is 12.4. The SMILES string of the molecule is Cl.FC(F)(F)Sc1ccc(C2=Nc3cccc4cccc(c34)N2)cc1.Nc1cccc2cccc(N)c12. The average Bonchev–Trinajstić information content (AvgIpc) is 2.84. The molecular weight excluding hydrogens is 517 g/mol. The Hall–Kier alpha value is -3.88. The first kappa shape index (κ1) is 26.2. The molecule has 0 aliphatic carbocycles. The summed E-state index contributed by atoms with van der Waals surface area (Å²) in [6.45, 7) is 0. The van der Waals surface area contributed by atoms with Crippen molar-refractivity contribution in [3.63, 3.8) is 0 Å². The van der Waals surface area contributed by atoms with E-state index in [1.165, 1.54) is 12.1 Å². The van der Waals surface area contributed by atoms with E-state index in [9.17, 15) is 13.2 Å². The lowest BCUT2D eigenvalue weighted by Gasteiger charge is -2.19. The number of nitrogens with two attached hydrogens (primary N) is 2. The van der Waals surface area contributed by atoms with Crippen molar-refractivity contribution in [3.05, 3.63) is 103 Å². The number of hydrogen-bond acceptors (Lipinski definition) is 5. The lowest BCUT2D eigenvalue weighted by molar-refractivity contribution is -0.0328. The Morgan fingerprint density at radius 2 is 1.22 bits per heavy atom. The van der Waals surface area contributed by atoms with Crippen LogP contribution < -0.4 is 16.8 Å². The van der Waals surface area contributed by atoms with Gasteiger partial charge in [-0.1, -0.05) is 60.7 Å². The van der Waals surface area contributed by atoms with E-state index in [1.54, 1.807) is 12.1 Å². The van der Waals surface area contributed by atoms with Crippen LogP contribution in [0, 0.1) is 0 Å². The van der Waals surface area contributed by atoms with Crippen LogP contribution in [0.25, 0.3) is 21.5 Å². The number of nitrogen functional groups attached to an aromatic ring is 2. The van der Waals surface area contributed by atoms with E-state index in [1.807, 2.05) is 72.8 Å². The fraction of sp³-hybridized carbons (Fsp3) is 0.0357. The van der Waals surface area contributed by atoms with Crippen LogP contribution in [0.3, 0.4) is 0 Å². The van der Waals surface area contributed by atoms with Crippen molar-refractivity contribution in [2.45, 2.75) is 10.4 Å². The number of fused-ring (bicyclic) bond motifs is 1. The third kappa shape index (κ3) is 5.76. The summed E-state index contributed by atoms with van der Waals surface area (Å²) in [6, 6.07) is 29.6. The van der Waals surface area contributed by atoms with Crippen molar-refractivity contribution in [1.82, 2.24) is 0 Å². The first-order valence-corrected chi connectivity index (χ1v) is 11.9. The highest BCUT2D eigenvalue weighted by Crippen LogP contribution is 2.38. The molecule has 0 unspecified atom stereocenters. The Labute approximate surface area is 222 Å². The molecule has 0 radical (unpaired) electrons. The zero-order chi connectivity index (χ0) is 25.3. The van der Waals surface area contributed by atoms with Gasteiger partial charge in [-0.05, 0) is 58.9 Å². The molecule has 0 amide bonds. The molecule has 9 heteroatoms. The average molecular weight is 539 g/mol. The minimum atomic E-state index is -4.28. The highest BCUT2D eigenvalue weighted by atomic mass is 35.5. The third-order valence-corrected chi connectivity index (χ3v) is 6.44. The molecule has 4 nitrogen and oxygen atoms in total. The van der Waals surface area contributed by atoms with Crippen LogP contribution in [0.5, 0.6) is 0 Å². The Morgan fingerprint density at radius 1 is 0.676 bits per heavy atom. The van der Waals surface area contributed by atoms with Crippen molar-refractivity contribution < 1.29 is 13.2 Å². The summed E-state index contributed by atoms with van der Waals surface area (Å²) in [4.78, 5) is 4.77. The predicted molar refractivity (Wildman–Crippen MR) is 152 cm³/mol. The molecule has 0 fully saturated rings. The number of halogens is 4. The number of nitrogens with zero attached hydrogens (tertiary/aromatic N) is 1. The van der Waals surface area contributed by atoms with Gasteiger partial charge in [0.05, 0.1) is 5.69 Å². The highest BCUT2D eigenvalue weighted by Gasteiger charge is 2.29. The van der Waals surface area contributed by atoms with E-state index in [4.69, 9.17) is 11.5 Å². The summed E-state index contributed by atoms with van der Waals surface area (Å²) in [6.07, 6.45) is 0. The lowest BCUT2D eigenvalue weighted by atomic mass is 10.0. The lowest BCUT2D eigenvalue weighted by Crippen LogP contribution is -2.16. The zero-order valence-corrected chi connectivity index (χ0v) is 20.9. The van der Waals surface area contributed by atoms with Gasteiger partial charge >= 0.3 is 5.51 Å². The summed E-state index contributed by atoms with van der Waals surface area (Å²) in [5, 5.41) is 7.46. The number of thioether (sulfide) groups is 1. The predicted octanol–water partition coefficient (Wildman–Crippen LogP) is 8.38. The smallest absolute Gasteiger partial charge is 0.398 e. The molecule has 0 saturated heterocycles. The summed E-state index contributed by atoms with van der Waals surface area (Å²) < 4.78 is 37.2. The van der Waals surface area contributed by atoms with Gasteiger partial charge in [0, 0.05) is 38.3 Å². The number of hydrogen-bond donors (Lipinski definition) is 3. The number of anilines is 3. The van der Waals surface area contributed by atoms with Crippen LogP contribution in [0.4, 0.5) is 35.9 Å². The van der Waals surface area contributed by atoms with Gasteiger partial charge < -0.3 is 16.8 Å². The minimum Gasteiger partial charge on any atom is -0.398 e. The molecule has 0 spiro atoms. The van der Waals surface area contributed by atoms with E-state index in [-0.39, 0.29) is 29.1 Å². The van der Waals surface area contributed by atoms with Crippen molar-refractivity contribution in [2.24, 2.45) is 4.99 Å². The molecule has 6 rings (SSSR count). The molecule has 0 aromatic heterocycles. The van der Waals surface area contributed by atoms with Crippen LogP contribution in [-0.2, 0) is 0 Å². The minimum absolute atomic E-state index is 0. The van der Waals surface area contributed by atoms with Gasteiger partial charge in [-0.2, -0.15) is 13.2 Å². The largest absolute Gasteiger partial charge is 0.446 e. The summed E-state index contributed by atoms with van der Waals surface area (Å²) in [5.41, 5.74) is 11.3. The molecule has 1 heterocycles. The molecule has 188 valence electrons. The number of rotatable bonds is 2. The Balaban J connectivity index is 0.000000208. The van der Waals surface area contributed by atoms with Crippen LogP contribution in [0.1, 0.15) is 5.56 Å². The second kappa shape index (κ2) is 10.6. The fourth-order valence-electron chi connectivity index (χ4n) is 4.15. The van der Waals surface area contributed by atoms with E-state index in [2.05, 4.69) is 10.3 Å². The van der Waals surface area contributed by atoms with Gasteiger partial charge in [-0.3, -0.25) is 0 Å². The van der Waals surface area contributed by atoms with E-state index < -0.39 is 5.51 Å². The first-order chi connectivity index (χ1) is 17.3. The van der Waals surface area contributed by atoms with Crippen molar-refractivity contribution in [2.75, 3.05) is 16.8 Å². The van der Waals surface area contributed by atoms with Crippen LogP contribution in [-0.4, -0.2) is 11.3 Å². The van der Waals surface area contributed by atoms with Gasteiger partial charge in [-0.25, -0.2) is 4.99 Å². The normalized spacial score (nSPS) is 12.1. The number of nitrogens with one attached hydrogen (secondary N) is 1. The van der Waals surface area contributed by atoms with Crippen LogP contribution >= 0.6 is 24.2 Å². The number of aliphatic imine (C=N–C) groups is 1.